The van der Waals surface area contributed by atoms with Gasteiger partial charge in [0.05, 0.1) is 6.61 Å². The van der Waals surface area contributed by atoms with Crippen molar-refractivity contribution in [1.29, 1.82) is 0 Å². The van der Waals surface area contributed by atoms with Gasteiger partial charge in [-0.3, -0.25) is 4.79 Å². The minimum absolute atomic E-state index is 0.0390. The summed E-state index contributed by atoms with van der Waals surface area (Å²) < 4.78 is 6.21. The quantitative estimate of drug-likeness (QED) is 0.567. The first-order chi connectivity index (χ1) is 13.9. The molecule has 1 aliphatic rings. The number of ether oxygens (including phenoxy) is 1. The molecule has 1 atom stereocenters. The van der Waals surface area contributed by atoms with E-state index in [0.29, 0.717) is 18.9 Å². The van der Waals surface area contributed by atoms with E-state index in [2.05, 4.69) is 79.7 Å². The second-order valence-electron chi connectivity index (χ2n) is 10.3. The van der Waals surface area contributed by atoms with Gasteiger partial charge in [-0.2, -0.15) is 0 Å². The summed E-state index contributed by atoms with van der Waals surface area (Å²) >= 11 is 0. The van der Waals surface area contributed by atoms with Crippen LogP contribution < -0.4 is 9.64 Å². The Hall–Kier alpha value is -2.29. The zero-order valence-corrected chi connectivity index (χ0v) is 20.1. The minimum atomic E-state index is -0.0390. The van der Waals surface area contributed by atoms with Crippen molar-refractivity contribution in [2.24, 2.45) is 5.41 Å². The molecule has 0 N–H and O–H groups in total. The average molecular weight is 408 g/mol. The lowest BCUT2D eigenvalue weighted by molar-refractivity contribution is -0.120. The lowest BCUT2D eigenvalue weighted by Gasteiger charge is -2.28. The molecular formula is C27H37NO2. The van der Waals surface area contributed by atoms with E-state index >= 15 is 0 Å². The molecule has 3 heteroatoms. The molecule has 0 fully saturated rings. The highest BCUT2D eigenvalue weighted by atomic mass is 16.5. The van der Waals surface area contributed by atoms with E-state index in [1.54, 1.807) is 0 Å². The first-order valence-electron chi connectivity index (χ1n) is 11.0. The lowest BCUT2D eigenvalue weighted by Crippen LogP contribution is -2.31. The largest absolute Gasteiger partial charge is 0.492 e. The zero-order valence-electron chi connectivity index (χ0n) is 20.1. The van der Waals surface area contributed by atoms with Gasteiger partial charge in [-0.15, -0.1) is 0 Å². The average Bonchev–Trinajstić information content (AvgIpc) is 3.10. The fourth-order valence-electron chi connectivity index (χ4n) is 4.56. The van der Waals surface area contributed by atoms with E-state index in [9.17, 15) is 4.79 Å². The van der Waals surface area contributed by atoms with Gasteiger partial charge < -0.3 is 9.64 Å². The molecule has 0 aliphatic carbocycles. The Morgan fingerprint density at radius 2 is 1.67 bits per heavy atom. The molecule has 30 heavy (non-hydrogen) atoms. The van der Waals surface area contributed by atoms with E-state index in [0.717, 1.165) is 28.1 Å². The van der Waals surface area contributed by atoms with Crippen LogP contribution >= 0.6 is 0 Å². The van der Waals surface area contributed by atoms with E-state index in [1.165, 1.54) is 16.7 Å². The highest BCUT2D eigenvalue weighted by molar-refractivity contribution is 5.95. The van der Waals surface area contributed by atoms with Crippen LogP contribution in [0.5, 0.6) is 5.75 Å². The molecule has 0 saturated heterocycles. The molecule has 3 nitrogen and oxygen atoms in total. The molecule has 0 radical (unpaired) electrons. The van der Waals surface area contributed by atoms with Crippen LogP contribution in [0.2, 0.25) is 0 Å². The number of benzene rings is 2. The van der Waals surface area contributed by atoms with Gasteiger partial charge >= 0.3 is 0 Å². The third kappa shape index (κ3) is 4.12. The molecule has 0 bridgehead atoms. The summed E-state index contributed by atoms with van der Waals surface area (Å²) in [5, 5.41) is 0. The first-order valence-corrected chi connectivity index (χ1v) is 11.0. The molecule has 2 aromatic carbocycles. The molecule has 2 aromatic rings. The number of nitrogens with zero attached hydrogens (tertiary/aromatic N) is 1. The van der Waals surface area contributed by atoms with Crippen LogP contribution in [0.1, 0.15) is 86.3 Å². The zero-order chi connectivity index (χ0) is 22.4. The predicted octanol–water partition coefficient (Wildman–Crippen LogP) is 6.66. The van der Waals surface area contributed by atoms with Crippen molar-refractivity contribution >= 4 is 11.6 Å². The second kappa shape index (κ2) is 8.09. The maximum absolute atomic E-state index is 13.0. The molecule has 0 aromatic heterocycles. The lowest BCUT2D eigenvalue weighted by atomic mass is 9.85. The van der Waals surface area contributed by atoms with Gasteiger partial charge in [0.2, 0.25) is 5.91 Å². The Balaban J connectivity index is 2.06. The summed E-state index contributed by atoms with van der Waals surface area (Å²) in [6, 6.07) is 8.94. The van der Waals surface area contributed by atoms with Crippen molar-refractivity contribution in [3.05, 3.63) is 57.6 Å². The molecule has 0 spiro atoms. The third-order valence-electron chi connectivity index (χ3n) is 6.40. The Morgan fingerprint density at radius 3 is 2.20 bits per heavy atom. The van der Waals surface area contributed by atoms with Crippen LogP contribution in [0, 0.1) is 26.2 Å². The van der Waals surface area contributed by atoms with Gasteiger partial charge in [0, 0.05) is 30.6 Å². The number of anilines is 1. The summed E-state index contributed by atoms with van der Waals surface area (Å²) in [7, 11) is 1.91. The maximum atomic E-state index is 13.0. The number of carbonyl (C=O) groups is 1. The Bertz CT molecular complexity index is 949. The second-order valence-corrected chi connectivity index (χ2v) is 10.3. The van der Waals surface area contributed by atoms with Gasteiger partial charge in [0.1, 0.15) is 5.75 Å². The van der Waals surface area contributed by atoms with Crippen molar-refractivity contribution in [1.82, 2.24) is 0 Å². The van der Waals surface area contributed by atoms with Crippen molar-refractivity contribution < 1.29 is 9.53 Å². The summed E-state index contributed by atoms with van der Waals surface area (Å²) in [6.07, 6.45) is 0.523. The molecule has 1 amide bonds. The Morgan fingerprint density at radius 1 is 1.07 bits per heavy atom. The normalized spacial score (nSPS) is 15.9. The minimum Gasteiger partial charge on any atom is -0.492 e. The third-order valence-corrected chi connectivity index (χ3v) is 6.40. The number of rotatable bonds is 4. The smallest absolute Gasteiger partial charge is 0.227 e. The summed E-state index contributed by atoms with van der Waals surface area (Å²) in [4.78, 5) is 14.9. The number of carbonyl (C=O) groups excluding carboxylic acids is 1. The Labute approximate surface area is 182 Å². The van der Waals surface area contributed by atoms with E-state index in [-0.39, 0.29) is 17.2 Å². The van der Waals surface area contributed by atoms with Crippen molar-refractivity contribution in [2.75, 3.05) is 18.6 Å². The van der Waals surface area contributed by atoms with Crippen LogP contribution in [-0.2, 0) is 4.79 Å². The number of amides is 1. The van der Waals surface area contributed by atoms with Gasteiger partial charge in [-0.1, -0.05) is 58.9 Å². The van der Waals surface area contributed by atoms with Crippen LogP contribution in [-0.4, -0.2) is 19.6 Å². The summed E-state index contributed by atoms with van der Waals surface area (Å²) in [5.41, 5.74) is 8.29. The van der Waals surface area contributed by atoms with Gasteiger partial charge in [0.25, 0.3) is 0 Å². The standard InChI is InChI=1S/C27H37NO2/c1-16(2)20-10-12-21(13-11-20)22-15-30-26-18(4)17(3)25(19(5)24(22)26)28(9)23(29)14-27(6,7)8/h10-13,16,22H,14-15H2,1-9H3. The van der Waals surface area contributed by atoms with Crippen LogP contribution in [0.25, 0.3) is 0 Å². The molecular weight excluding hydrogens is 370 g/mol. The molecule has 1 unspecified atom stereocenters. The molecule has 1 aliphatic heterocycles. The van der Waals surface area contributed by atoms with Gasteiger partial charge in [-0.05, 0) is 59.9 Å². The van der Waals surface area contributed by atoms with Crippen LogP contribution in [0.4, 0.5) is 5.69 Å². The summed E-state index contributed by atoms with van der Waals surface area (Å²) in [6.45, 7) is 17.8. The fraction of sp³-hybridized carbons (Fsp3) is 0.519. The van der Waals surface area contributed by atoms with Gasteiger partial charge in [-0.25, -0.2) is 0 Å². The Kier molecular flexibility index (Phi) is 6.04. The monoisotopic (exact) mass is 407 g/mol. The topological polar surface area (TPSA) is 29.5 Å². The molecule has 3 rings (SSSR count). The SMILES string of the molecule is Cc1c(C)c(N(C)C(=O)CC(C)(C)C)c(C)c2c1OCC2c1ccc(C(C)C)cc1. The van der Waals surface area contributed by atoms with E-state index in [4.69, 9.17) is 4.74 Å². The van der Waals surface area contributed by atoms with E-state index in [1.807, 2.05) is 11.9 Å². The number of hydrogen-bond acceptors (Lipinski definition) is 2. The highest BCUT2D eigenvalue weighted by Gasteiger charge is 2.33. The van der Waals surface area contributed by atoms with Crippen molar-refractivity contribution in [3.8, 4) is 5.75 Å². The van der Waals surface area contributed by atoms with Crippen molar-refractivity contribution in [2.45, 2.75) is 73.6 Å². The predicted molar refractivity (Wildman–Crippen MR) is 126 cm³/mol. The maximum Gasteiger partial charge on any atom is 0.227 e. The number of fused-ring (bicyclic) bond motifs is 1. The van der Waals surface area contributed by atoms with Crippen LogP contribution in [0.15, 0.2) is 24.3 Å². The molecule has 1 heterocycles. The van der Waals surface area contributed by atoms with E-state index < -0.39 is 0 Å². The fourth-order valence-corrected chi connectivity index (χ4v) is 4.56. The highest BCUT2D eigenvalue weighted by Crippen LogP contribution is 2.47. The van der Waals surface area contributed by atoms with Gasteiger partial charge in [0.15, 0.2) is 0 Å². The molecule has 0 saturated carbocycles. The molecule has 162 valence electrons. The van der Waals surface area contributed by atoms with Crippen LogP contribution in [0.3, 0.4) is 0 Å². The van der Waals surface area contributed by atoms with Crippen molar-refractivity contribution in [3.63, 3.8) is 0 Å². The summed E-state index contributed by atoms with van der Waals surface area (Å²) in [5.74, 6) is 1.88. The number of hydrogen-bond donors (Lipinski definition) is 0. The first kappa shape index (κ1) is 22.4.